The maximum Gasteiger partial charge on any atom is 0.234 e. The lowest BCUT2D eigenvalue weighted by Gasteiger charge is -2.29. The smallest absolute Gasteiger partial charge is 0.234 e. The number of nitrogens with one attached hydrogen (secondary N) is 1. The molecular weight excluding hydrogens is 408 g/mol. The molecule has 1 aliphatic heterocycles. The van der Waals surface area contributed by atoms with Crippen LogP contribution in [0.4, 0.5) is 0 Å². The van der Waals surface area contributed by atoms with Gasteiger partial charge in [-0.15, -0.1) is 0 Å². The summed E-state index contributed by atoms with van der Waals surface area (Å²) in [4.78, 5) is 14.7. The number of halogens is 1. The van der Waals surface area contributed by atoms with Gasteiger partial charge in [0, 0.05) is 17.6 Å². The highest BCUT2D eigenvalue weighted by Gasteiger charge is 2.21. The van der Waals surface area contributed by atoms with Crippen molar-refractivity contribution in [1.82, 2.24) is 10.2 Å². The summed E-state index contributed by atoms with van der Waals surface area (Å²) in [6.07, 6.45) is 0.894. The van der Waals surface area contributed by atoms with Crippen molar-refractivity contribution >= 4 is 21.8 Å². The van der Waals surface area contributed by atoms with Crippen molar-refractivity contribution in [3.05, 3.63) is 57.6 Å². The van der Waals surface area contributed by atoms with Gasteiger partial charge in [-0.05, 0) is 54.3 Å². The number of benzene rings is 2. The van der Waals surface area contributed by atoms with Crippen LogP contribution in [0, 0.1) is 0 Å². The van der Waals surface area contributed by atoms with Crippen molar-refractivity contribution in [2.45, 2.75) is 25.9 Å². The Balaban J connectivity index is 1.60. The van der Waals surface area contributed by atoms with Crippen molar-refractivity contribution in [3.63, 3.8) is 0 Å². The van der Waals surface area contributed by atoms with Gasteiger partial charge < -0.3 is 14.8 Å². The molecule has 3 rings (SSSR count). The molecule has 0 aliphatic carbocycles. The molecule has 27 heavy (non-hydrogen) atoms. The summed E-state index contributed by atoms with van der Waals surface area (Å²) in [6, 6.07) is 12.1. The molecule has 0 spiro atoms. The molecule has 1 amide bonds. The SMILES string of the molecule is COc1cc2c(cc1OC)CN(CC(=O)NC(C)c1ccc(Br)cc1)CC2. The predicted molar refractivity (Wildman–Crippen MR) is 109 cm³/mol. The molecule has 1 unspecified atom stereocenters. The third kappa shape index (κ3) is 4.82. The molecule has 1 N–H and O–H groups in total. The second kappa shape index (κ2) is 8.76. The first kappa shape index (κ1) is 19.7. The van der Waals surface area contributed by atoms with Crippen LogP contribution in [0.15, 0.2) is 40.9 Å². The number of nitrogens with zero attached hydrogens (tertiary/aromatic N) is 1. The molecule has 0 bridgehead atoms. The van der Waals surface area contributed by atoms with Gasteiger partial charge in [0.1, 0.15) is 0 Å². The van der Waals surface area contributed by atoms with Gasteiger partial charge >= 0.3 is 0 Å². The molecule has 144 valence electrons. The van der Waals surface area contributed by atoms with Crippen molar-refractivity contribution in [2.75, 3.05) is 27.3 Å². The van der Waals surface area contributed by atoms with E-state index in [-0.39, 0.29) is 11.9 Å². The lowest BCUT2D eigenvalue weighted by molar-refractivity contribution is -0.123. The normalized spacial score (nSPS) is 15.0. The van der Waals surface area contributed by atoms with Gasteiger partial charge in [0.15, 0.2) is 11.5 Å². The Morgan fingerprint density at radius 3 is 2.41 bits per heavy atom. The van der Waals surface area contributed by atoms with E-state index in [1.165, 1.54) is 11.1 Å². The van der Waals surface area contributed by atoms with Crippen LogP contribution in [-0.4, -0.2) is 38.1 Å². The Kier molecular flexibility index (Phi) is 6.39. The number of methoxy groups -OCH3 is 2. The second-order valence-electron chi connectivity index (χ2n) is 6.78. The van der Waals surface area contributed by atoms with Gasteiger partial charge in [-0.25, -0.2) is 0 Å². The number of carbonyl (C=O) groups excluding carboxylic acids is 1. The Labute approximate surface area is 168 Å². The summed E-state index contributed by atoms with van der Waals surface area (Å²) in [6.45, 7) is 3.97. The van der Waals surface area contributed by atoms with E-state index in [9.17, 15) is 4.79 Å². The lowest BCUT2D eigenvalue weighted by atomic mass is 9.98. The molecule has 1 aliphatic rings. The zero-order valence-electron chi connectivity index (χ0n) is 15.9. The highest BCUT2D eigenvalue weighted by atomic mass is 79.9. The van der Waals surface area contributed by atoms with Crippen LogP contribution in [0.1, 0.15) is 29.7 Å². The maximum absolute atomic E-state index is 12.5. The molecule has 1 atom stereocenters. The van der Waals surface area contributed by atoms with Crippen molar-refractivity contribution in [3.8, 4) is 11.5 Å². The minimum Gasteiger partial charge on any atom is -0.493 e. The van der Waals surface area contributed by atoms with Crippen LogP contribution >= 0.6 is 15.9 Å². The van der Waals surface area contributed by atoms with Gasteiger partial charge in [0.25, 0.3) is 0 Å². The van der Waals surface area contributed by atoms with Crippen LogP contribution in [0.2, 0.25) is 0 Å². The number of hydrogen-bond donors (Lipinski definition) is 1. The molecule has 2 aromatic carbocycles. The third-order valence-corrected chi connectivity index (χ3v) is 5.44. The zero-order valence-corrected chi connectivity index (χ0v) is 17.5. The number of carbonyl (C=O) groups is 1. The average Bonchev–Trinajstić information content (AvgIpc) is 2.67. The van der Waals surface area contributed by atoms with E-state index < -0.39 is 0 Å². The standard InChI is InChI=1S/C21H25BrN2O3/c1-14(15-4-6-18(22)7-5-15)23-21(25)13-24-9-8-16-10-19(26-2)20(27-3)11-17(16)12-24/h4-7,10-11,14H,8-9,12-13H2,1-3H3,(H,23,25). The number of fused-ring (bicyclic) bond motifs is 1. The van der Waals surface area contributed by atoms with E-state index in [1.807, 2.05) is 43.3 Å². The van der Waals surface area contributed by atoms with E-state index in [0.29, 0.717) is 6.54 Å². The summed E-state index contributed by atoms with van der Waals surface area (Å²) >= 11 is 3.43. The summed E-state index contributed by atoms with van der Waals surface area (Å²) in [5.41, 5.74) is 3.53. The van der Waals surface area contributed by atoms with E-state index in [4.69, 9.17) is 9.47 Å². The van der Waals surface area contributed by atoms with E-state index in [1.54, 1.807) is 14.2 Å². The van der Waals surface area contributed by atoms with Gasteiger partial charge in [-0.1, -0.05) is 28.1 Å². The molecule has 5 nitrogen and oxygen atoms in total. The van der Waals surface area contributed by atoms with E-state index >= 15 is 0 Å². The fourth-order valence-corrected chi connectivity index (χ4v) is 3.67. The van der Waals surface area contributed by atoms with Gasteiger partial charge in [-0.2, -0.15) is 0 Å². The Hall–Kier alpha value is -2.05. The first-order chi connectivity index (χ1) is 13.0. The summed E-state index contributed by atoms with van der Waals surface area (Å²) in [5.74, 6) is 1.52. The summed E-state index contributed by atoms with van der Waals surface area (Å²) in [5, 5.41) is 3.09. The average molecular weight is 433 g/mol. The molecular formula is C21H25BrN2O3. The number of rotatable bonds is 6. The second-order valence-corrected chi connectivity index (χ2v) is 7.69. The monoisotopic (exact) mass is 432 g/mol. The fourth-order valence-electron chi connectivity index (χ4n) is 3.40. The minimum atomic E-state index is -0.0213. The van der Waals surface area contributed by atoms with Gasteiger partial charge in [-0.3, -0.25) is 9.69 Å². The van der Waals surface area contributed by atoms with Gasteiger partial charge in [0.05, 0.1) is 26.8 Å². The quantitative estimate of drug-likeness (QED) is 0.755. The van der Waals surface area contributed by atoms with Crippen molar-refractivity contribution in [2.24, 2.45) is 0 Å². The first-order valence-corrected chi connectivity index (χ1v) is 9.80. The summed E-state index contributed by atoms with van der Waals surface area (Å²) < 4.78 is 11.8. The van der Waals surface area contributed by atoms with E-state index in [0.717, 1.165) is 41.0 Å². The molecule has 1 heterocycles. The summed E-state index contributed by atoms with van der Waals surface area (Å²) in [7, 11) is 3.29. The fraction of sp³-hybridized carbons (Fsp3) is 0.381. The predicted octanol–water partition coefficient (Wildman–Crippen LogP) is 3.70. The highest BCUT2D eigenvalue weighted by molar-refractivity contribution is 9.10. The molecule has 0 aromatic heterocycles. The van der Waals surface area contributed by atoms with Crippen LogP contribution in [0.5, 0.6) is 11.5 Å². The molecule has 0 saturated heterocycles. The van der Waals surface area contributed by atoms with Crippen LogP contribution < -0.4 is 14.8 Å². The van der Waals surface area contributed by atoms with E-state index in [2.05, 4.69) is 26.1 Å². The van der Waals surface area contributed by atoms with Crippen LogP contribution in [0.3, 0.4) is 0 Å². The number of hydrogen-bond acceptors (Lipinski definition) is 4. The maximum atomic E-state index is 12.5. The zero-order chi connectivity index (χ0) is 19.4. The topological polar surface area (TPSA) is 50.8 Å². The molecule has 0 saturated carbocycles. The molecule has 0 radical (unpaired) electrons. The number of ether oxygens (including phenoxy) is 2. The van der Waals surface area contributed by atoms with Crippen molar-refractivity contribution < 1.29 is 14.3 Å². The Morgan fingerprint density at radius 2 is 1.78 bits per heavy atom. The van der Waals surface area contributed by atoms with Gasteiger partial charge in [0.2, 0.25) is 5.91 Å². The largest absolute Gasteiger partial charge is 0.493 e. The van der Waals surface area contributed by atoms with Crippen LogP contribution in [-0.2, 0) is 17.8 Å². The third-order valence-electron chi connectivity index (χ3n) is 4.91. The highest BCUT2D eigenvalue weighted by Crippen LogP contribution is 2.33. The first-order valence-electron chi connectivity index (χ1n) is 9.01. The van der Waals surface area contributed by atoms with Crippen molar-refractivity contribution in [1.29, 1.82) is 0 Å². The number of amides is 1. The van der Waals surface area contributed by atoms with Crippen LogP contribution in [0.25, 0.3) is 0 Å². The Morgan fingerprint density at radius 1 is 1.15 bits per heavy atom. The lowest BCUT2D eigenvalue weighted by Crippen LogP contribution is -2.40. The molecule has 6 heteroatoms. The molecule has 2 aromatic rings. The Bertz CT molecular complexity index is 808. The molecule has 0 fully saturated rings. The minimum absolute atomic E-state index is 0.0213.